The van der Waals surface area contributed by atoms with Crippen molar-refractivity contribution in [3.8, 4) is 16.9 Å². The van der Waals surface area contributed by atoms with Gasteiger partial charge in [0.1, 0.15) is 11.5 Å². The predicted octanol–water partition coefficient (Wildman–Crippen LogP) is 3.40. The quantitative estimate of drug-likeness (QED) is 0.385. The third-order valence-corrected chi connectivity index (χ3v) is 8.37. The minimum Gasteiger partial charge on any atom is -0.399 e. The molecule has 0 aliphatic carbocycles. The van der Waals surface area contributed by atoms with Gasteiger partial charge in [0.15, 0.2) is 9.84 Å². The first-order valence-electron chi connectivity index (χ1n) is 12.2. The van der Waals surface area contributed by atoms with E-state index >= 15 is 0 Å². The van der Waals surface area contributed by atoms with Gasteiger partial charge in [0.2, 0.25) is 0 Å². The van der Waals surface area contributed by atoms with Crippen LogP contribution >= 0.6 is 0 Å². The smallest absolute Gasteiger partial charge is 0.152 e. The van der Waals surface area contributed by atoms with Crippen LogP contribution in [0.5, 0.6) is 0 Å². The third-order valence-electron chi connectivity index (χ3n) is 6.76. The Bertz CT molecular complexity index is 1460. The largest absolute Gasteiger partial charge is 0.399 e. The molecule has 1 aromatic carbocycles. The molecule has 3 aromatic heterocycles. The van der Waals surface area contributed by atoms with Crippen LogP contribution in [0.15, 0.2) is 60.9 Å². The SMILES string of the molecule is CN(C)c1cc(-n2cc(CCCN3CCS(=O)(=O)CC3)c3ccc(-c4ccc(N)cc4)nc32)ccn1. The fourth-order valence-corrected chi connectivity index (χ4v) is 5.93. The molecule has 0 unspecified atom stereocenters. The molecule has 1 aliphatic heterocycles. The van der Waals surface area contributed by atoms with E-state index in [0.717, 1.165) is 58.9 Å². The Labute approximate surface area is 212 Å². The molecule has 1 fully saturated rings. The molecule has 9 heteroatoms. The number of pyridine rings is 2. The van der Waals surface area contributed by atoms with Crippen LogP contribution in [0, 0.1) is 0 Å². The predicted molar refractivity (Wildman–Crippen MR) is 146 cm³/mol. The van der Waals surface area contributed by atoms with Gasteiger partial charge in [-0.3, -0.25) is 0 Å². The molecule has 188 valence electrons. The Morgan fingerprint density at radius 3 is 2.50 bits per heavy atom. The van der Waals surface area contributed by atoms with E-state index in [0.29, 0.717) is 13.1 Å². The minimum absolute atomic E-state index is 0.264. The fourth-order valence-electron chi connectivity index (χ4n) is 4.65. The highest BCUT2D eigenvalue weighted by atomic mass is 32.2. The van der Waals surface area contributed by atoms with Crippen molar-refractivity contribution in [3.63, 3.8) is 0 Å². The van der Waals surface area contributed by atoms with E-state index in [1.165, 1.54) is 5.56 Å². The van der Waals surface area contributed by atoms with Gasteiger partial charge in [-0.2, -0.15) is 0 Å². The number of hydrogen-bond acceptors (Lipinski definition) is 7. The van der Waals surface area contributed by atoms with Crippen molar-refractivity contribution in [2.45, 2.75) is 12.8 Å². The number of benzene rings is 1. The van der Waals surface area contributed by atoms with E-state index in [1.807, 2.05) is 55.5 Å². The van der Waals surface area contributed by atoms with Crippen LogP contribution in [-0.2, 0) is 16.3 Å². The summed E-state index contributed by atoms with van der Waals surface area (Å²) < 4.78 is 25.6. The number of hydrogen-bond donors (Lipinski definition) is 1. The van der Waals surface area contributed by atoms with Gasteiger partial charge < -0.3 is 20.1 Å². The number of aromatic nitrogens is 3. The Morgan fingerprint density at radius 1 is 1.03 bits per heavy atom. The Kier molecular flexibility index (Phi) is 6.68. The molecule has 0 amide bonds. The first kappa shape index (κ1) is 24.3. The summed E-state index contributed by atoms with van der Waals surface area (Å²) in [6.07, 6.45) is 5.85. The summed E-state index contributed by atoms with van der Waals surface area (Å²) in [5.41, 5.74) is 11.7. The summed E-state index contributed by atoms with van der Waals surface area (Å²) in [7, 11) is 1.10. The van der Waals surface area contributed by atoms with Gasteiger partial charge in [0.25, 0.3) is 0 Å². The molecule has 2 N–H and O–H groups in total. The van der Waals surface area contributed by atoms with Crippen molar-refractivity contribution in [1.82, 2.24) is 19.4 Å². The molecule has 1 saturated heterocycles. The normalized spacial score (nSPS) is 15.8. The lowest BCUT2D eigenvalue weighted by atomic mass is 10.1. The monoisotopic (exact) mass is 504 g/mol. The lowest BCUT2D eigenvalue weighted by molar-refractivity contribution is 0.292. The number of sulfone groups is 1. The van der Waals surface area contributed by atoms with E-state index in [1.54, 1.807) is 0 Å². The Morgan fingerprint density at radius 2 is 1.78 bits per heavy atom. The first-order valence-corrected chi connectivity index (χ1v) is 14.0. The van der Waals surface area contributed by atoms with Gasteiger partial charge >= 0.3 is 0 Å². The van der Waals surface area contributed by atoms with Crippen molar-refractivity contribution in [2.24, 2.45) is 0 Å². The highest BCUT2D eigenvalue weighted by molar-refractivity contribution is 7.91. The maximum atomic E-state index is 11.7. The van der Waals surface area contributed by atoms with Crippen molar-refractivity contribution < 1.29 is 8.42 Å². The summed E-state index contributed by atoms with van der Waals surface area (Å²) in [6.45, 7) is 2.14. The standard InChI is InChI=1S/C27H32N6O2S/c1-31(2)26-18-23(11-12-29-26)33-19-21(4-3-13-32-14-16-36(34,35)17-15-32)24-9-10-25(30-27(24)33)20-5-7-22(28)8-6-20/h5-12,18-19H,3-4,13-17,28H2,1-2H3. The average molecular weight is 505 g/mol. The van der Waals surface area contributed by atoms with Crippen LogP contribution in [0.4, 0.5) is 11.5 Å². The molecule has 5 rings (SSSR count). The van der Waals surface area contributed by atoms with E-state index in [4.69, 9.17) is 10.7 Å². The average Bonchev–Trinajstić information content (AvgIpc) is 3.23. The minimum atomic E-state index is -2.86. The fraction of sp³-hybridized carbons (Fsp3) is 0.333. The molecule has 0 atom stereocenters. The Balaban J connectivity index is 1.47. The number of fused-ring (bicyclic) bond motifs is 1. The van der Waals surface area contributed by atoms with E-state index in [2.05, 4.69) is 38.8 Å². The molecule has 0 spiro atoms. The van der Waals surface area contributed by atoms with E-state index in [9.17, 15) is 8.42 Å². The lowest BCUT2D eigenvalue weighted by Gasteiger charge is -2.26. The summed E-state index contributed by atoms with van der Waals surface area (Å²) in [5.74, 6) is 1.41. The maximum absolute atomic E-state index is 11.7. The molecule has 0 saturated carbocycles. The van der Waals surface area contributed by atoms with E-state index < -0.39 is 9.84 Å². The van der Waals surface area contributed by atoms with Gasteiger partial charge in [-0.25, -0.2) is 18.4 Å². The topological polar surface area (TPSA) is 97.3 Å². The molecule has 1 aliphatic rings. The van der Waals surface area contributed by atoms with Crippen LogP contribution in [0.2, 0.25) is 0 Å². The number of nitrogens with zero attached hydrogens (tertiary/aromatic N) is 5. The molecule has 0 radical (unpaired) electrons. The van der Waals surface area contributed by atoms with Crippen LogP contribution in [0.25, 0.3) is 28.0 Å². The Hall–Kier alpha value is -3.43. The van der Waals surface area contributed by atoms with Gasteiger partial charge in [0.05, 0.1) is 22.9 Å². The van der Waals surface area contributed by atoms with Crippen LogP contribution in [0.1, 0.15) is 12.0 Å². The first-order chi connectivity index (χ1) is 17.3. The molecule has 0 bridgehead atoms. The van der Waals surface area contributed by atoms with Crippen molar-refractivity contribution in [2.75, 3.05) is 55.9 Å². The van der Waals surface area contributed by atoms with E-state index in [-0.39, 0.29) is 11.5 Å². The number of rotatable bonds is 7. The molecule has 36 heavy (non-hydrogen) atoms. The molecular weight excluding hydrogens is 472 g/mol. The summed E-state index contributed by atoms with van der Waals surface area (Å²) in [6, 6.07) is 16.1. The molecule has 8 nitrogen and oxygen atoms in total. The maximum Gasteiger partial charge on any atom is 0.152 e. The zero-order valence-electron chi connectivity index (χ0n) is 20.8. The number of anilines is 2. The molecule has 4 aromatic rings. The highest BCUT2D eigenvalue weighted by Crippen LogP contribution is 2.29. The number of nitrogen functional groups attached to an aromatic ring is 1. The second-order valence-corrected chi connectivity index (χ2v) is 11.9. The van der Waals surface area contributed by atoms with Gasteiger partial charge in [0, 0.05) is 62.3 Å². The van der Waals surface area contributed by atoms with Crippen molar-refractivity contribution in [1.29, 1.82) is 0 Å². The van der Waals surface area contributed by atoms with Crippen LogP contribution in [-0.4, -0.2) is 73.1 Å². The zero-order valence-corrected chi connectivity index (χ0v) is 21.6. The number of aryl methyl sites for hydroxylation is 1. The lowest BCUT2D eigenvalue weighted by Crippen LogP contribution is -2.40. The van der Waals surface area contributed by atoms with Gasteiger partial charge in [-0.15, -0.1) is 0 Å². The van der Waals surface area contributed by atoms with Crippen LogP contribution in [0.3, 0.4) is 0 Å². The van der Waals surface area contributed by atoms with Crippen molar-refractivity contribution >= 4 is 32.4 Å². The van der Waals surface area contributed by atoms with Crippen molar-refractivity contribution in [3.05, 3.63) is 66.5 Å². The van der Waals surface area contributed by atoms with Gasteiger partial charge in [-0.1, -0.05) is 12.1 Å². The zero-order chi connectivity index (χ0) is 25.3. The van der Waals surface area contributed by atoms with Crippen LogP contribution < -0.4 is 10.6 Å². The summed E-state index contributed by atoms with van der Waals surface area (Å²) in [5, 5.41) is 1.12. The van der Waals surface area contributed by atoms with Gasteiger partial charge in [-0.05, 0) is 55.3 Å². The second kappa shape index (κ2) is 9.91. The molecule has 4 heterocycles. The number of nitrogens with two attached hydrogens (primary N) is 1. The summed E-state index contributed by atoms with van der Waals surface area (Å²) in [4.78, 5) is 13.8. The second-order valence-electron chi connectivity index (χ2n) is 9.58. The highest BCUT2D eigenvalue weighted by Gasteiger charge is 2.21. The molecular formula is C27H32N6O2S. The third kappa shape index (κ3) is 5.22. The summed E-state index contributed by atoms with van der Waals surface area (Å²) >= 11 is 0.